The topological polar surface area (TPSA) is 109 Å². The van der Waals surface area contributed by atoms with Gasteiger partial charge in [-0.3, -0.25) is 9.11 Å². The van der Waals surface area contributed by atoms with Gasteiger partial charge < -0.3 is 0 Å². The maximum atomic E-state index is 13.2. The number of rotatable bonds is 9. The van der Waals surface area contributed by atoms with Crippen LogP contribution in [0.25, 0.3) is 0 Å². The van der Waals surface area contributed by atoms with Crippen molar-refractivity contribution in [1.82, 2.24) is 0 Å². The zero-order valence-electron chi connectivity index (χ0n) is 13.4. The third kappa shape index (κ3) is 5.36. The molecule has 2 N–H and O–H groups in total. The van der Waals surface area contributed by atoms with Gasteiger partial charge in [-0.05, 0) is 0 Å². The quantitative estimate of drug-likeness (QED) is 0.228. The summed E-state index contributed by atoms with van der Waals surface area (Å²) in [7, 11) is -15.9. The fraction of sp³-hybridized carbons (Fsp3) is 1.00. The van der Waals surface area contributed by atoms with Crippen molar-refractivity contribution in [3.63, 3.8) is 0 Å². The molecule has 0 unspecified atom stereocenters. The van der Waals surface area contributed by atoms with Crippen LogP contribution >= 0.6 is 0 Å². The molecule has 0 aliphatic heterocycles. The Bertz CT molecular complexity index is 884. The Morgan fingerprint density at radius 3 is 0.588 bits per heavy atom. The van der Waals surface area contributed by atoms with Gasteiger partial charge in [0.15, 0.2) is 0 Å². The van der Waals surface area contributed by atoms with Crippen molar-refractivity contribution in [2.24, 2.45) is 0 Å². The molecule has 0 amide bonds. The van der Waals surface area contributed by atoms with E-state index in [1.807, 2.05) is 0 Å². The number of halogens is 16. The van der Waals surface area contributed by atoms with E-state index >= 15 is 0 Å². The molecule has 0 aromatic heterocycles. The van der Waals surface area contributed by atoms with Crippen LogP contribution in [-0.2, 0) is 20.2 Å². The van der Waals surface area contributed by atoms with Crippen LogP contribution in [0, 0.1) is 0 Å². The summed E-state index contributed by atoms with van der Waals surface area (Å²) in [5.74, 6) is -52.9. The molecule has 0 aliphatic carbocycles. The Kier molecular flexibility index (Phi) is 12.5. The van der Waals surface area contributed by atoms with Crippen LogP contribution in [0.4, 0.5) is 70.2 Å². The molecule has 0 fully saturated rings. The van der Waals surface area contributed by atoms with Crippen molar-refractivity contribution in [3.05, 3.63) is 0 Å². The number of hydrogen-bond acceptors (Lipinski definition) is 4. The summed E-state index contributed by atoms with van der Waals surface area (Å²) in [6, 6.07) is 0. The van der Waals surface area contributed by atoms with E-state index in [1.165, 1.54) is 0 Å². The Morgan fingerprint density at radius 2 is 0.471 bits per heavy atom. The van der Waals surface area contributed by atoms with Gasteiger partial charge in [0.2, 0.25) is 0 Å². The summed E-state index contributed by atoms with van der Waals surface area (Å²) in [5.41, 5.74) is 0. The SMILES string of the molecule is O=S(=O)(O)C(F)(F)C(F)(F)C(F)(F)C(F)(F)C(F)(F)C(F)(F)C(F)(F)C(F)(F)S(=O)(=O)O.[KH].[KH]. The Morgan fingerprint density at radius 1 is 0.353 bits per heavy atom. The van der Waals surface area contributed by atoms with Gasteiger partial charge in [-0.15, -0.1) is 0 Å². The molecule has 0 aromatic carbocycles. The minimum absolute atomic E-state index is 0. The van der Waals surface area contributed by atoms with E-state index in [0.717, 1.165) is 0 Å². The molecule has 0 spiro atoms. The van der Waals surface area contributed by atoms with Crippen LogP contribution < -0.4 is 0 Å². The first kappa shape index (κ1) is 40.5. The van der Waals surface area contributed by atoms with Crippen molar-refractivity contribution in [3.8, 4) is 0 Å². The number of hydrogen-bond donors (Lipinski definition) is 2. The standard InChI is InChI=1S/C8H2F16O6S2.2K.2H/c9-1(10,3(13,14)5(17,18)7(21,22)31(25,26)27)2(11,12)4(15,16)6(19,20)8(23,24)32(28,29)30;;;;/h(H,25,26,27)(H,28,29,30);;;;. The predicted molar refractivity (Wildman–Crippen MR) is 77.0 cm³/mol. The van der Waals surface area contributed by atoms with E-state index in [2.05, 4.69) is 0 Å². The Labute approximate surface area is 261 Å². The zero-order valence-corrected chi connectivity index (χ0v) is 15.0. The first-order valence-electron chi connectivity index (χ1n) is 6.21. The van der Waals surface area contributed by atoms with Crippen molar-refractivity contribution in [2.75, 3.05) is 0 Å². The molecule has 0 rings (SSSR count). The van der Waals surface area contributed by atoms with Crippen molar-refractivity contribution >= 4 is 123 Å². The third-order valence-electron chi connectivity index (χ3n) is 3.35. The van der Waals surface area contributed by atoms with Gasteiger partial charge in [0.25, 0.3) is 0 Å². The second kappa shape index (κ2) is 10.5. The third-order valence-corrected chi connectivity index (χ3v) is 5.16. The zero-order chi connectivity index (χ0) is 27.0. The molecule has 0 saturated heterocycles. The minimum atomic E-state index is -9.03. The van der Waals surface area contributed by atoms with Crippen LogP contribution in [0.3, 0.4) is 0 Å². The summed E-state index contributed by atoms with van der Waals surface area (Å²) >= 11 is 0. The van der Waals surface area contributed by atoms with Gasteiger partial charge in [0.1, 0.15) is 0 Å². The Hall–Kier alpha value is 1.97. The fourth-order valence-corrected chi connectivity index (χ4v) is 2.38. The first-order chi connectivity index (χ1) is 13.2. The van der Waals surface area contributed by atoms with Gasteiger partial charge in [0, 0.05) is 0 Å². The Balaban J connectivity index is -0.00000480. The van der Waals surface area contributed by atoms with Crippen molar-refractivity contribution in [1.29, 1.82) is 0 Å². The van der Waals surface area contributed by atoms with E-state index in [1.54, 1.807) is 0 Å². The molecule has 198 valence electrons. The van der Waals surface area contributed by atoms with Crippen molar-refractivity contribution in [2.45, 2.75) is 46.0 Å². The van der Waals surface area contributed by atoms with Crippen LogP contribution in [0.5, 0.6) is 0 Å². The maximum absolute atomic E-state index is 13.2. The normalized spacial score (nSPS) is 15.9. The number of alkyl halides is 16. The molecule has 0 aliphatic rings. The van der Waals surface area contributed by atoms with E-state index in [4.69, 9.17) is 9.11 Å². The first-order valence-corrected chi connectivity index (χ1v) is 9.09. The van der Waals surface area contributed by atoms with E-state index < -0.39 is 66.3 Å². The summed E-state index contributed by atoms with van der Waals surface area (Å²) in [4.78, 5) is 0. The summed E-state index contributed by atoms with van der Waals surface area (Å²) in [5, 5.41) is -15.8. The van der Waals surface area contributed by atoms with Crippen LogP contribution in [0.1, 0.15) is 0 Å². The molecule has 0 heterocycles. The molecule has 0 bridgehead atoms. The fourth-order valence-electron chi connectivity index (χ4n) is 1.48. The van der Waals surface area contributed by atoms with Gasteiger partial charge in [-0.25, -0.2) is 0 Å². The van der Waals surface area contributed by atoms with Gasteiger partial charge >= 0.3 is 169 Å². The second-order valence-corrected chi connectivity index (χ2v) is 8.36. The van der Waals surface area contributed by atoms with Gasteiger partial charge in [0.05, 0.1) is 0 Å². The van der Waals surface area contributed by atoms with Gasteiger partial charge in [-0.1, -0.05) is 0 Å². The average Bonchev–Trinajstić information content (AvgIpc) is 2.51. The molecule has 0 saturated carbocycles. The van der Waals surface area contributed by atoms with Crippen molar-refractivity contribution < 1.29 is 96.2 Å². The summed E-state index contributed by atoms with van der Waals surface area (Å²) in [6.07, 6.45) is 0. The molecule has 0 aromatic rings. The molecule has 0 radical (unpaired) electrons. The summed E-state index contributed by atoms with van der Waals surface area (Å²) in [6.45, 7) is 0. The van der Waals surface area contributed by atoms with Gasteiger partial charge in [-0.2, -0.15) is 87.1 Å². The molecular weight excluding hydrogens is 638 g/mol. The van der Waals surface area contributed by atoms with E-state index in [0.29, 0.717) is 0 Å². The molecule has 6 nitrogen and oxygen atoms in total. The van der Waals surface area contributed by atoms with E-state index in [-0.39, 0.29) is 103 Å². The van der Waals surface area contributed by atoms with Crippen LogP contribution in [0.2, 0.25) is 0 Å². The predicted octanol–water partition coefficient (Wildman–Crippen LogP) is 2.46. The molecule has 0 atom stereocenters. The van der Waals surface area contributed by atoms with Crippen LogP contribution in [-0.4, -0.2) is 175 Å². The van der Waals surface area contributed by atoms with E-state index in [9.17, 15) is 87.1 Å². The van der Waals surface area contributed by atoms with Crippen LogP contribution in [0.15, 0.2) is 0 Å². The second-order valence-electron chi connectivity index (χ2n) is 5.43. The molecular formula is C8H4F16K2O6S2. The average molecular weight is 642 g/mol. The monoisotopic (exact) mass is 642 g/mol. The molecule has 26 heteroatoms. The summed E-state index contributed by atoms with van der Waals surface area (Å²) < 4.78 is 265. The molecule has 34 heavy (non-hydrogen) atoms.